The summed E-state index contributed by atoms with van der Waals surface area (Å²) in [7, 11) is 0. The number of nitrogens with zero attached hydrogens (tertiary/aromatic N) is 1. The second kappa shape index (κ2) is 4.85. The Morgan fingerprint density at radius 2 is 2.50 bits per heavy atom. The van der Waals surface area contributed by atoms with Crippen molar-refractivity contribution < 1.29 is 0 Å². The van der Waals surface area contributed by atoms with Gasteiger partial charge < -0.3 is 11.1 Å². The fourth-order valence-electron chi connectivity index (χ4n) is 0.878. The molecule has 0 bridgehead atoms. The molecule has 0 saturated carbocycles. The molecule has 66 valence electrons. The van der Waals surface area contributed by atoms with Gasteiger partial charge in [-0.15, -0.1) is 0 Å². The molecule has 0 amide bonds. The van der Waals surface area contributed by atoms with Crippen molar-refractivity contribution in [2.45, 2.75) is 19.5 Å². The Balaban J connectivity index is 2.33. The zero-order valence-corrected chi connectivity index (χ0v) is 7.33. The van der Waals surface area contributed by atoms with E-state index < -0.39 is 0 Å². The van der Waals surface area contributed by atoms with Crippen LogP contribution < -0.4 is 11.1 Å². The molecule has 1 rings (SSSR count). The molecule has 0 spiro atoms. The highest BCUT2D eigenvalue weighted by Gasteiger charge is 1.96. The van der Waals surface area contributed by atoms with Crippen LogP contribution in [0.2, 0.25) is 0 Å². The summed E-state index contributed by atoms with van der Waals surface area (Å²) in [6, 6.07) is 4.35. The van der Waals surface area contributed by atoms with Crippen molar-refractivity contribution in [3.8, 4) is 0 Å². The molecule has 3 heteroatoms. The lowest BCUT2D eigenvalue weighted by Crippen LogP contribution is -2.32. The molecule has 1 aromatic rings. The average Bonchev–Trinajstić information content (AvgIpc) is 2.16. The van der Waals surface area contributed by atoms with E-state index in [1.807, 2.05) is 18.3 Å². The Kier molecular flexibility index (Phi) is 3.70. The predicted octanol–water partition coefficient (Wildman–Crippen LogP) is 0.518. The number of nitrogens with two attached hydrogens (primary N) is 1. The molecule has 3 N–H and O–H groups in total. The van der Waals surface area contributed by atoms with Crippen LogP contribution in [-0.4, -0.2) is 17.6 Å². The first-order valence-electron chi connectivity index (χ1n) is 4.15. The van der Waals surface area contributed by atoms with E-state index in [2.05, 4.69) is 17.2 Å². The lowest BCUT2D eigenvalue weighted by molar-refractivity contribution is 0.556. The summed E-state index contributed by atoms with van der Waals surface area (Å²) in [5.41, 5.74) is 6.65. The molecule has 0 aliphatic rings. The molecule has 3 nitrogen and oxygen atoms in total. The first kappa shape index (κ1) is 9.16. The zero-order valence-electron chi connectivity index (χ0n) is 7.33. The summed E-state index contributed by atoms with van der Waals surface area (Å²) in [5.74, 6) is 0. The van der Waals surface area contributed by atoms with Gasteiger partial charge in [0, 0.05) is 31.5 Å². The van der Waals surface area contributed by atoms with Crippen LogP contribution in [0.4, 0.5) is 0 Å². The van der Waals surface area contributed by atoms with E-state index in [4.69, 9.17) is 5.73 Å². The first-order chi connectivity index (χ1) is 5.83. The minimum atomic E-state index is 0.366. The van der Waals surface area contributed by atoms with Gasteiger partial charge in [-0.1, -0.05) is 6.07 Å². The summed E-state index contributed by atoms with van der Waals surface area (Å²) >= 11 is 0. The monoisotopic (exact) mass is 165 g/mol. The fourth-order valence-corrected chi connectivity index (χ4v) is 0.878. The highest BCUT2D eigenvalue weighted by molar-refractivity contribution is 5.07. The minimum Gasteiger partial charge on any atom is -0.329 e. The van der Waals surface area contributed by atoms with E-state index >= 15 is 0 Å². The van der Waals surface area contributed by atoms with Gasteiger partial charge in [0.2, 0.25) is 0 Å². The maximum absolute atomic E-state index is 5.46. The highest BCUT2D eigenvalue weighted by atomic mass is 14.9. The highest BCUT2D eigenvalue weighted by Crippen LogP contribution is 1.94. The third kappa shape index (κ3) is 2.98. The van der Waals surface area contributed by atoms with Gasteiger partial charge in [0.15, 0.2) is 0 Å². The van der Waals surface area contributed by atoms with Crippen LogP contribution in [0.5, 0.6) is 0 Å². The van der Waals surface area contributed by atoms with Crippen LogP contribution >= 0.6 is 0 Å². The normalized spacial score (nSPS) is 12.8. The second-order valence-electron chi connectivity index (χ2n) is 2.88. The smallest absolute Gasteiger partial charge is 0.0312 e. The Morgan fingerprint density at radius 1 is 1.67 bits per heavy atom. The van der Waals surface area contributed by atoms with Crippen molar-refractivity contribution in [1.29, 1.82) is 0 Å². The average molecular weight is 165 g/mol. The third-order valence-electron chi connectivity index (χ3n) is 1.73. The molecule has 0 radical (unpaired) electrons. The molecule has 0 aliphatic carbocycles. The number of hydrogen-bond donors (Lipinski definition) is 2. The van der Waals surface area contributed by atoms with Crippen LogP contribution in [0.25, 0.3) is 0 Å². The van der Waals surface area contributed by atoms with E-state index in [1.54, 1.807) is 6.20 Å². The topological polar surface area (TPSA) is 50.9 Å². The minimum absolute atomic E-state index is 0.366. The van der Waals surface area contributed by atoms with Gasteiger partial charge in [-0.05, 0) is 18.6 Å². The molecule has 12 heavy (non-hydrogen) atoms. The quantitative estimate of drug-likeness (QED) is 0.683. The molecule has 0 aliphatic heterocycles. The van der Waals surface area contributed by atoms with Gasteiger partial charge >= 0.3 is 0 Å². The SMILES string of the molecule is C[C@@H](CN)NCc1cccnc1. The van der Waals surface area contributed by atoms with Crippen molar-refractivity contribution in [2.75, 3.05) is 6.54 Å². The van der Waals surface area contributed by atoms with E-state index in [9.17, 15) is 0 Å². The Hall–Kier alpha value is -0.930. The van der Waals surface area contributed by atoms with Crippen molar-refractivity contribution in [2.24, 2.45) is 5.73 Å². The predicted molar refractivity (Wildman–Crippen MR) is 49.6 cm³/mol. The van der Waals surface area contributed by atoms with Crippen LogP contribution in [-0.2, 0) is 6.54 Å². The Bertz CT molecular complexity index is 210. The summed E-state index contributed by atoms with van der Waals surface area (Å²) in [6.45, 7) is 3.57. The molecular formula is C9H15N3. The number of aromatic nitrogens is 1. The molecule has 0 aromatic carbocycles. The second-order valence-corrected chi connectivity index (χ2v) is 2.88. The van der Waals surface area contributed by atoms with E-state index in [0.29, 0.717) is 12.6 Å². The maximum atomic E-state index is 5.46. The van der Waals surface area contributed by atoms with Crippen molar-refractivity contribution in [3.05, 3.63) is 30.1 Å². The first-order valence-corrected chi connectivity index (χ1v) is 4.15. The lowest BCUT2D eigenvalue weighted by Gasteiger charge is -2.10. The lowest BCUT2D eigenvalue weighted by atomic mass is 10.2. The van der Waals surface area contributed by atoms with Gasteiger partial charge in [-0.25, -0.2) is 0 Å². The number of hydrogen-bond acceptors (Lipinski definition) is 3. The van der Waals surface area contributed by atoms with Crippen LogP contribution in [0, 0.1) is 0 Å². The van der Waals surface area contributed by atoms with E-state index in [0.717, 1.165) is 6.54 Å². The summed E-state index contributed by atoms with van der Waals surface area (Å²) in [4.78, 5) is 4.02. The van der Waals surface area contributed by atoms with Crippen molar-refractivity contribution in [1.82, 2.24) is 10.3 Å². The van der Waals surface area contributed by atoms with Crippen molar-refractivity contribution >= 4 is 0 Å². The van der Waals surface area contributed by atoms with Gasteiger partial charge in [-0.2, -0.15) is 0 Å². The Labute approximate surface area is 73.0 Å². The molecule has 1 aromatic heterocycles. The molecule has 0 fully saturated rings. The standard InChI is InChI=1S/C9H15N3/c1-8(5-10)12-7-9-3-2-4-11-6-9/h2-4,6,8,12H,5,7,10H2,1H3/t8-/m0/s1. The number of nitrogens with one attached hydrogen (secondary N) is 1. The van der Waals surface area contributed by atoms with Crippen LogP contribution in [0.3, 0.4) is 0 Å². The van der Waals surface area contributed by atoms with E-state index in [-0.39, 0.29) is 0 Å². The molecule has 0 saturated heterocycles. The maximum Gasteiger partial charge on any atom is 0.0312 e. The van der Waals surface area contributed by atoms with Gasteiger partial charge in [0.1, 0.15) is 0 Å². The van der Waals surface area contributed by atoms with Gasteiger partial charge in [0.25, 0.3) is 0 Å². The summed E-state index contributed by atoms with van der Waals surface area (Å²) < 4.78 is 0. The summed E-state index contributed by atoms with van der Waals surface area (Å²) in [5, 5.41) is 3.28. The van der Waals surface area contributed by atoms with Gasteiger partial charge in [0.05, 0.1) is 0 Å². The van der Waals surface area contributed by atoms with Crippen LogP contribution in [0.1, 0.15) is 12.5 Å². The largest absolute Gasteiger partial charge is 0.329 e. The molecular weight excluding hydrogens is 150 g/mol. The fraction of sp³-hybridized carbons (Fsp3) is 0.444. The number of pyridine rings is 1. The molecule has 0 unspecified atom stereocenters. The van der Waals surface area contributed by atoms with Crippen molar-refractivity contribution in [3.63, 3.8) is 0 Å². The van der Waals surface area contributed by atoms with E-state index in [1.165, 1.54) is 5.56 Å². The van der Waals surface area contributed by atoms with Gasteiger partial charge in [-0.3, -0.25) is 4.98 Å². The molecule has 1 heterocycles. The van der Waals surface area contributed by atoms with Crippen LogP contribution in [0.15, 0.2) is 24.5 Å². The number of rotatable bonds is 4. The Morgan fingerprint density at radius 3 is 3.08 bits per heavy atom. The molecule has 1 atom stereocenters. The zero-order chi connectivity index (χ0) is 8.81. The third-order valence-corrected chi connectivity index (χ3v) is 1.73. The summed E-state index contributed by atoms with van der Waals surface area (Å²) in [6.07, 6.45) is 3.63.